The molecule has 2 amide bonds. The highest BCUT2D eigenvalue weighted by molar-refractivity contribution is 8.04. The van der Waals surface area contributed by atoms with Gasteiger partial charge in [-0.05, 0) is 48.4 Å². The molecule has 1 unspecified atom stereocenters. The van der Waals surface area contributed by atoms with Gasteiger partial charge in [0.2, 0.25) is 5.91 Å². The van der Waals surface area contributed by atoms with Crippen molar-refractivity contribution >= 4 is 35.3 Å². The first-order valence-corrected chi connectivity index (χ1v) is 11.4. The van der Waals surface area contributed by atoms with Crippen LogP contribution in [0.2, 0.25) is 0 Å². The predicted octanol–water partition coefficient (Wildman–Crippen LogP) is 6.06. The van der Waals surface area contributed by atoms with Crippen molar-refractivity contribution in [1.29, 1.82) is 0 Å². The summed E-state index contributed by atoms with van der Waals surface area (Å²) in [5.74, 6) is -0.702. The van der Waals surface area contributed by atoms with Crippen LogP contribution in [0.4, 0.5) is 18.9 Å². The summed E-state index contributed by atoms with van der Waals surface area (Å²) in [6.07, 6.45) is -2.89. The van der Waals surface area contributed by atoms with Gasteiger partial charge in [-0.15, -0.1) is 0 Å². The lowest BCUT2D eigenvalue weighted by atomic mass is 10.1. The van der Waals surface area contributed by atoms with Crippen LogP contribution in [-0.4, -0.2) is 18.4 Å². The van der Waals surface area contributed by atoms with Crippen molar-refractivity contribution in [2.45, 2.75) is 24.0 Å². The van der Waals surface area contributed by atoms with Gasteiger partial charge in [-0.1, -0.05) is 66.4 Å². The number of benzene rings is 3. The van der Waals surface area contributed by atoms with Gasteiger partial charge in [0.25, 0.3) is 5.91 Å². The van der Waals surface area contributed by atoms with E-state index in [1.807, 2.05) is 49.4 Å². The van der Waals surface area contributed by atoms with Crippen molar-refractivity contribution in [1.82, 2.24) is 5.32 Å². The number of alkyl halides is 3. The molecule has 4 rings (SSSR count). The fourth-order valence-electron chi connectivity index (χ4n) is 3.59. The van der Waals surface area contributed by atoms with Crippen LogP contribution in [-0.2, 0) is 15.8 Å². The molecule has 1 aliphatic rings. The summed E-state index contributed by atoms with van der Waals surface area (Å²) < 4.78 is 38.6. The number of hydrogen-bond acceptors (Lipinski definition) is 3. The van der Waals surface area contributed by atoms with Gasteiger partial charge in [-0.3, -0.25) is 14.5 Å². The third kappa shape index (κ3) is 5.34. The first-order valence-electron chi connectivity index (χ1n) is 10.5. The summed E-state index contributed by atoms with van der Waals surface area (Å²) in [5.41, 5.74) is 1.27. The highest BCUT2D eigenvalue weighted by Crippen LogP contribution is 2.42. The maximum absolute atomic E-state index is 13.3. The molecule has 3 aromatic rings. The second-order valence-corrected chi connectivity index (χ2v) is 8.87. The Morgan fingerprint density at radius 2 is 1.65 bits per heavy atom. The Morgan fingerprint density at radius 3 is 2.32 bits per heavy atom. The number of para-hydroxylation sites is 1. The van der Waals surface area contributed by atoms with E-state index in [1.165, 1.54) is 28.8 Å². The number of rotatable bonds is 5. The van der Waals surface area contributed by atoms with E-state index in [4.69, 9.17) is 0 Å². The number of amides is 2. The number of carbonyl (C=O) groups is 2. The number of anilines is 1. The molecule has 1 N–H and O–H groups in total. The molecule has 3 aromatic carbocycles. The molecular weight excluding hydrogens is 461 g/mol. The Labute approximate surface area is 199 Å². The predicted molar refractivity (Wildman–Crippen MR) is 127 cm³/mol. The molecule has 0 fully saturated rings. The quantitative estimate of drug-likeness (QED) is 0.450. The van der Waals surface area contributed by atoms with E-state index in [0.717, 1.165) is 22.6 Å². The molecule has 8 heteroatoms. The van der Waals surface area contributed by atoms with Gasteiger partial charge in [0, 0.05) is 4.90 Å². The van der Waals surface area contributed by atoms with Gasteiger partial charge in [-0.2, -0.15) is 13.2 Å². The maximum Gasteiger partial charge on any atom is 0.416 e. The zero-order valence-corrected chi connectivity index (χ0v) is 19.0. The van der Waals surface area contributed by atoms with Gasteiger partial charge in [0.1, 0.15) is 6.54 Å². The third-order valence-corrected chi connectivity index (χ3v) is 6.42. The summed E-state index contributed by atoms with van der Waals surface area (Å²) in [5, 5.41) is 2.91. The van der Waals surface area contributed by atoms with Gasteiger partial charge in [0.15, 0.2) is 0 Å². The maximum atomic E-state index is 13.3. The van der Waals surface area contributed by atoms with E-state index in [9.17, 15) is 22.8 Å². The zero-order chi connectivity index (χ0) is 24.3. The summed E-state index contributed by atoms with van der Waals surface area (Å²) in [6, 6.07) is 21.1. The van der Waals surface area contributed by atoms with Gasteiger partial charge >= 0.3 is 6.18 Å². The topological polar surface area (TPSA) is 49.4 Å². The Morgan fingerprint density at radius 1 is 1.00 bits per heavy atom. The van der Waals surface area contributed by atoms with Crippen molar-refractivity contribution in [3.05, 3.63) is 100 Å². The van der Waals surface area contributed by atoms with Crippen molar-refractivity contribution in [2.75, 3.05) is 11.4 Å². The first-order chi connectivity index (χ1) is 16.2. The van der Waals surface area contributed by atoms with Gasteiger partial charge < -0.3 is 5.32 Å². The third-order valence-electron chi connectivity index (χ3n) is 5.35. The van der Waals surface area contributed by atoms with Crippen molar-refractivity contribution in [2.24, 2.45) is 0 Å². The molecule has 1 heterocycles. The molecule has 0 bridgehead atoms. The first kappa shape index (κ1) is 23.6. The van der Waals surface area contributed by atoms with E-state index < -0.39 is 11.7 Å². The van der Waals surface area contributed by atoms with Crippen LogP contribution in [0.3, 0.4) is 0 Å². The molecule has 0 saturated carbocycles. The van der Waals surface area contributed by atoms with Crippen LogP contribution < -0.4 is 10.2 Å². The number of carbonyl (C=O) groups excluding carboxylic acids is 2. The van der Waals surface area contributed by atoms with Gasteiger partial charge in [-0.25, -0.2) is 0 Å². The van der Waals surface area contributed by atoms with Crippen LogP contribution in [0, 0.1) is 0 Å². The molecule has 4 nitrogen and oxygen atoms in total. The van der Waals surface area contributed by atoms with E-state index in [2.05, 4.69) is 5.32 Å². The smallest absolute Gasteiger partial charge is 0.348 e. The molecule has 0 saturated heterocycles. The molecule has 0 aromatic heterocycles. The summed E-state index contributed by atoms with van der Waals surface area (Å²) >= 11 is 1.23. The largest absolute Gasteiger partial charge is 0.416 e. The SMILES string of the molecule is CC(NC(=O)CN1C(=O)C(=Cc2ccc(C(F)(F)F)cc2)Sc2ccccc21)c1ccccc1. The molecule has 1 atom stereocenters. The minimum absolute atomic E-state index is 0.183. The summed E-state index contributed by atoms with van der Waals surface area (Å²) in [6.45, 7) is 1.68. The van der Waals surface area contributed by atoms with Crippen LogP contribution in [0.25, 0.3) is 6.08 Å². The minimum Gasteiger partial charge on any atom is -0.348 e. The summed E-state index contributed by atoms with van der Waals surface area (Å²) in [7, 11) is 0. The Kier molecular flexibility index (Phi) is 6.79. The van der Waals surface area contributed by atoms with Gasteiger partial charge in [0.05, 0.1) is 22.2 Å². The monoisotopic (exact) mass is 482 g/mol. The lowest BCUT2D eigenvalue weighted by molar-refractivity contribution is -0.137. The molecule has 0 radical (unpaired) electrons. The van der Waals surface area contributed by atoms with E-state index in [-0.39, 0.29) is 24.4 Å². The molecule has 1 aliphatic heterocycles. The lowest BCUT2D eigenvalue weighted by Crippen LogP contribution is -2.43. The fraction of sp³-hybridized carbons (Fsp3) is 0.154. The Bertz CT molecular complexity index is 1220. The molecule has 0 aliphatic carbocycles. The van der Waals surface area contributed by atoms with Crippen LogP contribution in [0.1, 0.15) is 29.7 Å². The Hall–Kier alpha value is -3.52. The normalized spacial score (nSPS) is 15.7. The average Bonchev–Trinajstić information content (AvgIpc) is 2.82. The van der Waals surface area contributed by atoms with Crippen molar-refractivity contribution < 1.29 is 22.8 Å². The van der Waals surface area contributed by atoms with Crippen LogP contribution >= 0.6 is 11.8 Å². The molecule has 0 spiro atoms. The van der Waals surface area contributed by atoms with Crippen LogP contribution in [0.15, 0.2) is 88.7 Å². The second-order valence-electron chi connectivity index (χ2n) is 7.79. The van der Waals surface area contributed by atoms with Crippen molar-refractivity contribution in [3.8, 4) is 0 Å². The molecule has 34 heavy (non-hydrogen) atoms. The number of nitrogens with one attached hydrogen (secondary N) is 1. The standard InChI is InChI=1S/C26H21F3N2O2S/c1-17(19-7-3-2-4-8-19)30-24(32)16-31-21-9-5-6-10-22(21)34-23(25(31)33)15-18-11-13-20(14-12-18)26(27,28)29/h2-15,17H,16H2,1H3,(H,30,32). The average molecular weight is 483 g/mol. The number of hydrogen-bond donors (Lipinski definition) is 1. The van der Waals surface area contributed by atoms with Crippen LogP contribution in [0.5, 0.6) is 0 Å². The number of nitrogens with zero attached hydrogens (tertiary/aromatic N) is 1. The fourth-order valence-corrected chi connectivity index (χ4v) is 4.65. The zero-order valence-electron chi connectivity index (χ0n) is 18.2. The van der Waals surface area contributed by atoms with Crippen molar-refractivity contribution in [3.63, 3.8) is 0 Å². The van der Waals surface area contributed by atoms with E-state index >= 15 is 0 Å². The van der Waals surface area contributed by atoms with E-state index in [0.29, 0.717) is 16.2 Å². The summed E-state index contributed by atoms with van der Waals surface area (Å²) in [4.78, 5) is 28.6. The number of fused-ring (bicyclic) bond motifs is 1. The molecule has 174 valence electrons. The second kappa shape index (κ2) is 9.77. The van der Waals surface area contributed by atoms with E-state index in [1.54, 1.807) is 18.2 Å². The highest BCUT2D eigenvalue weighted by atomic mass is 32.2. The lowest BCUT2D eigenvalue weighted by Gasteiger charge is -2.30. The number of thioether (sulfide) groups is 1. The Balaban J connectivity index is 1.56. The number of halogens is 3. The minimum atomic E-state index is -4.43. The molecular formula is C26H21F3N2O2S. The highest BCUT2D eigenvalue weighted by Gasteiger charge is 2.32.